The van der Waals surface area contributed by atoms with Crippen LogP contribution in [0.15, 0.2) is 65.8 Å². The molecule has 0 atom stereocenters. The molecule has 0 N–H and O–H groups in total. The molecule has 2 heterocycles. The molecule has 6 nitrogen and oxygen atoms in total. The highest BCUT2D eigenvalue weighted by molar-refractivity contribution is 7.91. The van der Waals surface area contributed by atoms with E-state index in [-0.39, 0.29) is 29.4 Å². The van der Waals surface area contributed by atoms with Gasteiger partial charge >= 0.3 is 0 Å². The number of aryl methyl sites for hydroxylation is 2. The summed E-state index contributed by atoms with van der Waals surface area (Å²) in [5, 5.41) is 1.17. The Morgan fingerprint density at radius 2 is 1.85 bits per heavy atom. The van der Waals surface area contributed by atoms with Gasteiger partial charge in [-0.15, -0.1) is 0 Å². The number of hydrogen-bond acceptors (Lipinski definition) is 6. The lowest BCUT2D eigenvalue weighted by Crippen LogP contribution is -2.30. The molecule has 34 heavy (non-hydrogen) atoms. The SMILES string of the molecule is Cc1ccc(S(=O)(=O)CCCC(=O)N(Cc2cccnc2)c2nc3c(C)c(Cl)ccc3s2)cc1. The minimum atomic E-state index is -3.46. The summed E-state index contributed by atoms with van der Waals surface area (Å²) in [6.07, 6.45) is 3.68. The van der Waals surface area contributed by atoms with Crippen LogP contribution >= 0.6 is 22.9 Å². The number of benzene rings is 2. The number of carbonyl (C=O) groups excluding carboxylic acids is 1. The lowest BCUT2D eigenvalue weighted by molar-refractivity contribution is -0.118. The van der Waals surface area contributed by atoms with E-state index in [1.165, 1.54) is 11.3 Å². The van der Waals surface area contributed by atoms with Crippen molar-refractivity contribution in [2.45, 2.75) is 38.1 Å². The van der Waals surface area contributed by atoms with Crippen molar-refractivity contribution >= 4 is 54.0 Å². The number of aromatic nitrogens is 2. The maximum atomic E-state index is 13.3. The number of fused-ring (bicyclic) bond motifs is 1. The number of rotatable bonds is 8. The number of sulfone groups is 1. The van der Waals surface area contributed by atoms with E-state index in [2.05, 4.69) is 4.98 Å². The summed E-state index contributed by atoms with van der Waals surface area (Å²) in [6, 6.07) is 14.2. The summed E-state index contributed by atoms with van der Waals surface area (Å²) < 4.78 is 26.3. The summed E-state index contributed by atoms with van der Waals surface area (Å²) in [5.41, 5.74) is 3.47. The molecule has 0 radical (unpaired) electrons. The lowest BCUT2D eigenvalue weighted by Gasteiger charge is -2.20. The van der Waals surface area contributed by atoms with Gasteiger partial charge in [0.25, 0.3) is 0 Å². The molecule has 4 rings (SSSR count). The van der Waals surface area contributed by atoms with E-state index in [0.29, 0.717) is 16.7 Å². The van der Waals surface area contributed by atoms with Crippen LogP contribution in [0.3, 0.4) is 0 Å². The molecule has 0 saturated carbocycles. The van der Waals surface area contributed by atoms with Crippen molar-refractivity contribution in [2.75, 3.05) is 10.7 Å². The van der Waals surface area contributed by atoms with Gasteiger partial charge in [0, 0.05) is 23.8 Å². The van der Waals surface area contributed by atoms with E-state index >= 15 is 0 Å². The van der Waals surface area contributed by atoms with Crippen LogP contribution in [0.5, 0.6) is 0 Å². The first-order chi connectivity index (χ1) is 16.2. The molecule has 0 unspecified atom stereocenters. The van der Waals surface area contributed by atoms with Crippen LogP contribution in [-0.2, 0) is 21.2 Å². The second-order valence-electron chi connectivity index (χ2n) is 8.09. The van der Waals surface area contributed by atoms with Crippen LogP contribution in [0.1, 0.15) is 29.5 Å². The van der Waals surface area contributed by atoms with Crippen molar-refractivity contribution in [3.63, 3.8) is 0 Å². The van der Waals surface area contributed by atoms with Crippen molar-refractivity contribution in [3.8, 4) is 0 Å². The molecule has 0 aliphatic carbocycles. The summed E-state index contributed by atoms with van der Waals surface area (Å²) in [6.45, 7) is 4.10. The van der Waals surface area contributed by atoms with Crippen LogP contribution in [-0.4, -0.2) is 30.0 Å². The highest BCUT2D eigenvalue weighted by Gasteiger charge is 2.22. The Bertz CT molecular complexity index is 1420. The Morgan fingerprint density at radius 1 is 1.09 bits per heavy atom. The number of amides is 1. The Morgan fingerprint density at radius 3 is 2.56 bits per heavy atom. The first kappa shape index (κ1) is 24.3. The molecule has 1 amide bonds. The quantitative estimate of drug-likeness (QED) is 0.300. The van der Waals surface area contributed by atoms with Gasteiger partial charge in [-0.1, -0.05) is 46.7 Å². The number of halogens is 1. The Labute approximate surface area is 208 Å². The van der Waals surface area contributed by atoms with Crippen LogP contribution in [0.4, 0.5) is 5.13 Å². The number of anilines is 1. The van der Waals surface area contributed by atoms with Gasteiger partial charge in [0.15, 0.2) is 15.0 Å². The standard InChI is InChI=1S/C25H24ClN3O3S2/c1-17-7-9-20(10-8-17)34(31,32)14-4-6-23(30)29(16-19-5-3-13-27-15-19)25-28-24-18(2)21(26)11-12-22(24)33-25/h3,5,7-13,15H,4,6,14,16H2,1-2H3. The molecule has 176 valence electrons. The average molecular weight is 514 g/mol. The third kappa shape index (κ3) is 5.46. The van der Waals surface area contributed by atoms with Gasteiger partial charge in [-0.25, -0.2) is 13.4 Å². The summed E-state index contributed by atoms with van der Waals surface area (Å²) >= 11 is 7.67. The molecule has 0 bridgehead atoms. The lowest BCUT2D eigenvalue weighted by atomic mass is 10.2. The molecule has 4 aromatic rings. The minimum Gasteiger partial charge on any atom is -0.284 e. The van der Waals surface area contributed by atoms with E-state index in [9.17, 15) is 13.2 Å². The van der Waals surface area contributed by atoms with Gasteiger partial charge in [-0.05, 0) is 61.7 Å². The van der Waals surface area contributed by atoms with E-state index in [1.807, 2.05) is 38.1 Å². The molecule has 2 aromatic heterocycles. The van der Waals surface area contributed by atoms with E-state index in [0.717, 1.165) is 26.9 Å². The topological polar surface area (TPSA) is 80.2 Å². The van der Waals surface area contributed by atoms with Gasteiger partial charge in [0.1, 0.15) is 0 Å². The van der Waals surface area contributed by atoms with Gasteiger partial charge in [0.2, 0.25) is 5.91 Å². The van der Waals surface area contributed by atoms with Crippen LogP contribution < -0.4 is 4.90 Å². The highest BCUT2D eigenvalue weighted by Crippen LogP contribution is 2.34. The Kier molecular flexibility index (Phi) is 7.30. The van der Waals surface area contributed by atoms with Gasteiger partial charge in [0.05, 0.1) is 27.4 Å². The fraction of sp³-hybridized carbons (Fsp3) is 0.240. The van der Waals surface area contributed by atoms with E-state index < -0.39 is 9.84 Å². The zero-order valence-electron chi connectivity index (χ0n) is 18.9. The molecule has 0 aliphatic heterocycles. The van der Waals surface area contributed by atoms with Crippen molar-refractivity contribution in [1.82, 2.24) is 9.97 Å². The molecule has 0 fully saturated rings. The van der Waals surface area contributed by atoms with Crippen LogP contribution in [0, 0.1) is 13.8 Å². The Balaban J connectivity index is 1.55. The molecular weight excluding hydrogens is 490 g/mol. The molecule has 9 heteroatoms. The first-order valence-corrected chi connectivity index (χ1v) is 13.6. The number of pyridine rings is 1. The fourth-order valence-electron chi connectivity index (χ4n) is 3.55. The van der Waals surface area contributed by atoms with Crippen molar-refractivity contribution in [2.24, 2.45) is 0 Å². The second-order valence-corrected chi connectivity index (χ2v) is 11.6. The largest absolute Gasteiger partial charge is 0.284 e. The third-order valence-electron chi connectivity index (χ3n) is 5.52. The molecule has 0 aliphatic rings. The minimum absolute atomic E-state index is 0.0843. The summed E-state index contributed by atoms with van der Waals surface area (Å²) in [5.74, 6) is -0.289. The average Bonchev–Trinajstić information content (AvgIpc) is 3.25. The van der Waals surface area contributed by atoms with Crippen molar-refractivity contribution in [3.05, 3.63) is 82.6 Å². The monoisotopic (exact) mass is 513 g/mol. The van der Waals surface area contributed by atoms with E-state index in [1.54, 1.807) is 41.6 Å². The fourth-order valence-corrected chi connectivity index (χ4v) is 6.06. The molecule has 2 aromatic carbocycles. The van der Waals surface area contributed by atoms with Crippen molar-refractivity contribution in [1.29, 1.82) is 0 Å². The summed E-state index contributed by atoms with van der Waals surface area (Å²) in [7, 11) is -3.46. The zero-order chi connectivity index (χ0) is 24.3. The predicted octanol–water partition coefficient (Wildman–Crippen LogP) is 5.75. The van der Waals surface area contributed by atoms with Gasteiger partial charge < -0.3 is 0 Å². The maximum Gasteiger partial charge on any atom is 0.229 e. The molecule has 0 spiro atoms. The molecule has 0 saturated heterocycles. The predicted molar refractivity (Wildman–Crippen MR) is 137 cm³/mol. The second kappa shape index (κ2) is 10.2. The van der Waals surface area contributed by atoms with Crippen LogP contribution in [0.2, 0.25) is 5.02 Å². The summed E-state index contributed by atoms with van der Waals surface area (Å²) in [4.78, 5) is 24.0. The number of nitrogens with zero attached hydrogens (tertiary/aromatic N) is 3. The van der Waals surface area contributed by atoms with Gasteiger partial charge in [-0.3, -0.25) is 14.7 Å². The number of carbonyl (C=O) groups is 1. The number of thiazole rings is 1. The van der Waals surface area contributed by atoms with Gasteiger partial charge in [-0.2, -0.15) is 0 Å². The maximum absolute atomic E-state index is 13.3. The number of hydrogen-bond donors (Lipinski definition) is 0. The van der Waals surface area contributed by atoms with E-state index in [4.69, 9.17) is 16.6 Å². The van der Waals surface area contributed by atoms with Crippen molar-refractivity contribution < 1.29 is 13.2 Å². The molecular formula is C25H24ClN3O3S2. The first-order valence-electron chi connectivity index (χ1n) is 10.8. The smallest absolute Gasteiger partial charge is 0.229 e. The van der Waals surface area contributed by atoms with Crippen LogP contribution in [0.25, 0.3) is 10.2 Å². The normalized spacial score (nSPS) is 11.6. The third-order valence-corrected chi connectivity index (χ3v) is 8.79. The Hall–Kier alpha value is -2.81. The zero-order valence-corrected chi connectivity index (χ0v) is 21.3. The highest BCUT2D eigenvalue weighted by atomic mass is 35.5.